The Morgan fingerprint density at radius 2 is 1.70 bits per heavy atom. The van der Waals surface area contributed by atoms with Crippen LogP contribution in [0.3, 0.4) is 0 Å². The van der Waals surface area contributed by atoms with E-state index in [9.17, 15) is 19.2 Å². The molecular weight excluding hydrogens is 430 g/mol. The summed E-state index contributed by atoms with van der Waals surface area (Å²) in [5, 5.41) is 5.16. The Kier molecular flexibility index (Phi) is 8.67. The van der Waals surface area contributed by atoms with Crippen LogP contribution >= 0.6 is 0 Å². The number of esters is 1. The standard InChI is InChI=1S/C23H33N3O7/c1-16(24-20(29)32-15-17-9-7-6-8-10-17)18(27)25-23(19(28)31-5)11-13-26(14-12-23)21(30)33-22(2,3)4/h6-10,16H,11-15H2,1-5H3,(H,24,29)(H,25,27)/t16-/m1/s1. The van der Waals surface area contributed by atoms with Gasteiger partial charge in [-0.15, -0.1) is 0 Å². The zero-order valence-electron chi connectivity index (χ0n) is 19.8. The molecule has 0 aliphatic carbocycles. The first-order chi connectivity index (χ1) is 15.5. The maximum absolute atomic E-state index is 12.8. The minimum atomic E-state index is -1.31. The van der Waals surface area contributed by atoms with Crippen molar-refractivity contribution in [2.45, 2.75) is 64.3 Å². The minimum Gasteiger partial charge on any atom is -0.467 e. The van der Waals surface area contributed by atoms with Gasteiger partial charge >= 0.3 is 18.2 Å². The van der Waals surface area contributed by atoms with Gasteiger partial charge < -0.3 is 29.7 Å². The van der Waals surface area contributed by atoms with E-state index >= 15 is 0 Å². The molecule has 0 saturated carbocycles. The second-order valence-electron chi connectivity index (χ2n) is 8.96. The fourth-order valence-corrected chi connectivity index (χ4v) is 3.32. The Hall–Kier alpha value is -3.30. The lowest BCUT2D eigenvalue weighted by atomic mass is 9.87. The largest absolute Gasteiger partial charge is 0.467 e. The number of hydrogen-bond donors (Lipinski definition) is 2. The molecule has 0 unspecified atom stereocenters. The lowest BCUT2D eigenvalue weighted by Gasteiger charge is -2.40. The molecule has 1 atom stereocenters. The number of piperidine rings is 1. The topological polar surface area (TPSA) is 123 Å². The number of methoxy groups -OCH3 is 1. The number of amides is 3. The Labute approximate surface area is 193 Å². The lowest BCUT2D eigenvalue weighted by molar-refractivity contribution is -0.153. The van der Waals surface area contributed by atoms with Gasteiger partial charge in [0.25, 0.3) is 0 Å². The fraction of sp³-hybridized carbons (Fsp3) is 0.565. The number of rotatable bonds is 6. The summed E-state index contributed by atoms with van der Waals surface area (Å²) in [6.45, 7) is 7.26. The highest BCUT2D eigenvalue weighted by molar-refractivity contribution is 5.92. The van der Waals surface area contributed by atoms with Crippen molar-refractivity contribution in [3.8, 4) is 0 Å². The monoisotopic (exact) mass is 463 g/mol. The second-order valence-corrected chi connectivity index (χ2v) is 8.96. The van der Waals surface area contributed by atoms with Gasteiger partial charge in [0, 0.05) is 13.1 Å². The van der Waals surface area contributed by atoms with Crippen LogP contribution in [-0.4, -0.2) is 66.3 Å². The van der Waals surface area contributed by atoms with Gasteiger partial charge in [-0.3, -0.25) is 4.79 Å². The summed E-state index contributed by atoms with van der Waals surface area (Å²) in [7, 11) is 1.24. The van der Waals surface area contributed by atoms with Crippen molar-refractivity contribution in [1.29, 1.82) is 0 Å². The quantitative estimate of drug-likeness (QED) is 0.490. The molecule has 1 aromatic rings. The van der Waals surface area contributed by atoms with Crippen LogP contribution in [0.5, 0.6) is 0 Å². The molecule has 182 valence electrons. The van der Waals surface area contributed by atoms with Gasteiger partial charge in [0.1, 0.15) is 23.8 Å². The Balaban J connectivity index is 1.93. The molecule has 0 bridgehead atoms. The van der Waals surface area contributed by atoms with Crippen LogP contribution in [-0.2, 0) is 30.4 Å². The van der Waals surface area contributed by atoms with E-state index in [0.29, 0.717) is 0 Å². The zero-order chi connectivity index (χ0) is 24.6. The Morgan fingerprint density at radius 1 is 1.09 bits per heavy atom. The predicted octanol–water partition coefficient (Wildman–Crippen LogP) is 2.36. The van der Waals surface area contributed by atoms with E-state index < -0.39 is 41.2 Å². The van der Waals surface area contributed by atoms with Gasteiger partial charge in [-0.1, -0.05) is 30.3 Å². The van der Waals surface area contributed by atoms with E-state index in [1.165, 1.54) is 18.9 Å². The zero-order valence-corrected chi connectivity index (χ0v) is 19.8. The highest BCUT2D eigenvalue weighted by atomic mass is 16.6. The Bertz CT molecular complexity index is 843. The van der Waals surface area contributed by atoms with Gasteiger partial charge in [-0.25, -0.2) is 14.4 Å². The lowest BCUT2D eigenvalue weighted by Crippen LogP contribution is -2.63. The third kappa shape index (κ3) is 7.65. The van der Waals surface area contributed by atoms with Crippen LogP contribution in [0.4, 0.5) is 9.59 Å². The van der Waals surface area contributed by atoms with E-state index in [2.05, 4.69) is 10.6 Å². The van der Waals surface area contributed by atoms with Crippen molar-refractivity contribution in [2.24, 2.45) is 0 Å². The minimum absolute atomic E-state index is 0.0631. The van der Waals surface area contributed by atoms with Crippen molar-refractivity contribution < 1.29 is 33.4 Å². The van der Waals surface area contributed by atoms with E-state index in [1.807, 2.05) is 30.3 Å². The number of hydrogen-bond acceptors (Lipinski definition) is 7. The van der Waals surface area contributed by atoms with Gasteiger partial charge in [0.15, 0.2) is 0 Å². The van der Waals surface area contributed by atoms with Crippen LogP contribution in [0.2, 0.25) is 0 Å². The van der Waals surface area contributed by atoms with E-state index in [1.54, 1.807) is 20.8 Å². The van der Waals surface area contributed by atoms with Gasteiger partial charge in [-0.2, -0.15) is 0 Å². The molecule has 1 aliphatic heterocycles. The number of carbonyl (C=O) groups excluding carboxylic acids is 4. The second kappa shape index (κ2) is 11.0. The van der Waals surface area contributed by atoms with Crippen molar-refractivity contribution in [3.05, 3.63) is 35.9 Å². The molecule has 0 spiro atoms. The number of carbonyl (C=O) groups is 4. The summed E-state index contributed by atoms with van der Waals surface area (Å²) >= 11 is 0. The summed E-state index contributed by atoms with van der Waals surface area (Å²) in [5.41, 5.74) is -1.14. The number of nitrogens with zero attached hydrogens (tertiary/aromatic N) is 1. The summed E-state index contributed by atoms with van der Waals surface area (Å²) in [5.74, 6) is -1.18. The van der Waals surface area contributed by atoms with Crippen molar-refractivity contribution >= 4 is 24.1 Å². The average molecular weight is 464 g/mol. The smallest absolute Gasteiger partial charge is 0.410 e. The van der Waals surface area contributed by atoms with Crippen molar-refractivity contribution in [3.63, 3.8) is 0 Å². The van der Waals surface area contributed by atoms with Crippen molar-refractivity contribution in [1.82, 2.24) is 15.5 Å². The third-order valence-corrected chi connectivity index (χ3v) is 5.15. The molecule has 0 radical (unpaired) electrons. The number of ether oxygens (including phenoxy) is 3. The first kappa shape index (κ1) is 26.0. The normalized spacial score (nSPS) is 16.2. The molecular formula is C23H33N3O7. The molecule has 1 saturated heterocycles. The number of nitrogens with one attached hydrogen (secondary N) is 2. The molecule has 1 aromatic carbocycles. The molecule has 33 heavy (non-hydrogen) atoms. The average Bonchev–Trinajstić information content (AvgIpc) is 2.77. The first-order valence-electron chi connectivity index (χ1n) is 10.8. The summed E-state index contributed by atoms with van der Waals surface area (Å²) in [6.07, 6.45) is -0.942. The molecule has 1 aliphatic rings. The van der Waals surface area contributed by atoms with Crippen LogP contribution in [0.25, 0.3) is 0 Å². The van der Waals surface area contributed by atoms with Gasteiger partial charge in [0.05, 0.1) is 7.11 Å². The highest BCUT2D eigenvalue weighted by Gasteiger charge is 2.45. The highest BCUT2D eigenvalue weighted by Crippen LogP contribution is 2.25. The first-order valence-corrected chi connectivity index (χ1v) is 10.8. The molecule has 1 heterocycles. The van der Waals surface area contributed by atoms with Crippen LogP contribution < -0.4 is 10.6 Å². The van der Waals surface area contributed by atoms with Crippen LogP contribution in [0.1, 0.15) is 46.1 Å². The fourth-order valence-electron chi connectivity index (χ4n) is 3.32. The van der Waals surface area contributed by atoms with E-state index in [4.69, 9.17) is 14.2 Å². The van der Waals surface area contributed by atoms with Crippen LogP contribution in [0.15, 0.2) is 30.3 Å². The maximum atomic E-state index is 12.8. The van der Waals surface area contributed by atoms with Gasteiger partial charge in [0.2, 0.25) is 5.91 Å². The Morgan fingerprint density at radius 3 is 2.24 bits per heavy atom. The summed E-state index contributed by atoms with van der Waals surface area (Å²) in [4.78, 5) is 51.2. The third-order valence-electron chi connectivity index (χ3n) is 5.15. The molecule has 2 N–H and O–H groups in total. The number of benzene rings is 1. The van der Waals surface area contributed by atoms with Gasteiger partial charge in [-0.05, 0) is 46.1 Å². The predicted molar refractivity (Wildman–Crippen MR) is 119 cm³/mol. The summed E-state index contributed by atoms with van der Waals surface area (Å²) < 4.78 is 15.4. The number of likely N-dealkylation sites (tertiary alicyclic amines) is 1. The van der Waals surface area contributed by atoms with Crippen molar-refractivity contribution in [2.75, 3.05) is 20.2 Å². The van der Waals surface area contributed by atoms with Crippen LogP contribution in [0, 0.1) is 0 Å². The number of alkyl carbamates (subject to hydrolysis) is 1. The molecule has 10 heteroatoms. The maximum Gasteiger partial charge on any atom is 0.410 e. The molecule has 2 rings (SSSR count). The summed E-state index contributed by atoms with van der Waals surface area (Å²) in [6, 6.07) is 8.17. The van der Waals surface area contributed by atoms with E-state index in [-0.39, 0.29) is 32.5 Å². The van der Waals surface area contributed by atoms with E-state index in [0.717, 1.165) is 5.56 Å². The SMILES string of the molecule is COC(=O)C1(NC(=O)[C@@H](C)NC(=O)OCc2ccccc2)CCN(C(=O)OC(C)(C)C)CC1. The molecule has 1 fully saturated rings. The molecule has 10 nitrogen and oxygen atoms in total. The molecule has 3 amide bonds. The molecule has 0 aromatic heterocycles.